The van der Waals surface area contributed by atoms with E-state index in [1.54, 1.807) is 15.9 Å². The molecule has 2 aromatic heterocycles. The monoisotopic (exact) mass is 386 g/mol. The van der Waals surface area contributed by atoms with Gasteiger partial charge in [0.05, 0.1) is 0 Å². The van der Waals surface area contributed by atoms with E-state index in [4.69, 9.17) is 5.10 Å². The maximum absolute atomic E-state index is 9.59. The number of halogens is 1. The molecule has 1 aromatic carbocycles. The molecule has 0 atom stereocenters. The molecule has 0 radical (unpaired) electrons. The molecule has 4 rings (SSSR count). The summed E-state index contributed by atoms with van der Waals surface area (Å²) in [4.78, 5) is 5.50. The lowest BCUT2D eigenvalue weighted by Gasteiger charge is -2.18. The van der Waals surface area contributed by atoms with Crippen molar-refractivity contribution in [3.8, 4) is 17.3 Å². The van der Waals surface area contributed by atoms with E-state index >= 15 is 0 Å². The Labute approximate surface area is 146 Å². The van der Waals surface area contributed by atoms with Gasteiger partial charge in [-0.15, -0.1) is 0 Å². The van der Waals surface area contributed by atoms with Gasteiger partial charge in [-0.05, 0) is 25.0 Å². The van der Waals surface area contributed by atoms with Gasteiger partial charge < -0.3 is 0 Å². The van der Waals surface area contributed by atoms with E-state index in [2.05, 4.69) is 27.0 Å². The second-order valence-electron chi connectivity index (χ2n) is 5.90. The first-order valence-corrected chi connectivity index (χ1v) is 9.42. The van der Waals surface area contributed by atoms with Crippen molar-refractivity contribution in [2.45, 2.75) is 38.0 Å². The van der Waals surface area contributed by atoms with Crippen LogP contribution in [0.5, 0.6) is 0 Å². The first-order valence-electron chi connectivity index (χ1n) is 7.82. The Morgan fingerprint density at radius 3 is 2.61 bits per heavy atom. The van der Waals surface area contributed by atoms with Crippen LogP contribution in [0, 0.1) is 11.3 Å². The van der Waals surface area contributed by atoms with Crippen molar-refractivity contribution in [1.29, 1.82) is 5.26 Å². The molecule has 6 heteroatoms. The molecule has 0 bridgehead atoms. The maximum atomic E-state index is 9.59. The number of rotatable bonds is 2. The standard InChI is InChI=1S/C17H15BrN4S/c18-13-8-6-11(7-9-13)15-14(10-19)22-17(20-15)23-16(21-22)12-4-2-1-3-5-12/h6-9,12H,1-5H2. The quantitative estimate of drug-likeness (QED) is 0.612. The number of benzene rings is 1. The van der Waals surface area contributed by atoms with Crippen LogP contribution in [0.15, 0.2) is 28.7 Å². The number of hydrogen-bond acceptors (Lipinski definition) is 4. The highest BCUT2D eigenvalue weighted by atomic mass is 79.9. The minimum atomic E-state index is 0.528. The van der Waals surface area contributed by atoms with Crippen molar-refractivity contribution >= 4 is 32.2 Å². The third kappa shape index (κ3) is 2.68. The number of fused-ring (bicyclic) bond motifs is 1. The van der Waals surface area contributed by atoms with Crippen LogP contribution >= 0.6 is 27.3 Å². The van der Waals surface area contributed by atoms with Crippen LogP contribution in [-0.2, 0) is 0 Å². The Hall–Kier alpha value is -1.71. The molecule has 4 nitrogen and oxygen atoms in total. The molecule has 1 aliphatic carbocycles. The predicted octanol–water partition coefficient (Wildman–Crippen LogP) is 5.14. The van der Waals surface area contributed by atoms with Crippen LogP contribution < -0.4 is 0 Å². The van der Waals surface area contributed by atoms with E-state index in [1.165, 1.54) is 32.1 Å². The van der Waals surface area contributed by atoms with Gasteiger partial charge >= 0.3 is 0 Å². The van der Waals surface area contributed by atoms with Gasteiger partial charge in [-0.1, -0.05) is 58.7 Å². The molecule has 0 amide bonds. The molecule has 0 spiro atoms. The van der Waals surface area contributed by atoms with Gasteiger partial charge in [-0.2, -0.15) is 14.9 Å². The summed E-state index contributed by atoms with van der Waals surface area (Å²) in [6, 6.07) is 10.2. The van der Waals surface area contributed by atoms with Crippen molar-refractivity contribution in [1.82, 2.24) is 14.6 Å². The minimum Gasteiger partial charge on any atom is -0.216 e. The maximum Gasteiger partial charge on any atom is 0.214 e. The summed E-state index contributed by atoms with van der Waals surface area (Å²) in [6.07, 6.45) is 6.30. The Kier molecular flexibility index (Phi) is 3.92. The van der Waals surface area contributed by atoms with E-state index in [0.717, 1.165) is 20.0 Å². The van der Waals surface area contributed by atoms with Crippen LogP contribution in [0.2, 0.25) is 0 Å². The van der Waals surface area contributed by atoms with Gasteiger partial charge in [-0.25, -0.2) is 4.98 Å². The molecule has 1 fully saturated rings. The second-order valence-corrected chi connectivity index (χ2v) is 7.80. The first kappa shape index (κ1) is 14.9. The average molecular weight is 387 g/mol. The van der Waals surface area contributed by atoms with E-state index in [0.29, 0.717) is 17.3 Å². The summed E-state index contributed by atoms with van der Waals surface area (Å²) < 4.78 is 2.74. The van der Waals surface area contributed by atoms with Gasteiger partial charge in [0.2, 0.25) is 4.96 Å². The van der Waals surface area contributed by atoms with Gasteiger partial charge in [-0.3, -0.25) is 0 Å². The molecule has 1 aliphatic rings. The highest BCUT2D eigenvalue weighted by Crippen LogP contribution is 2.36. The molecular weight excluding hydrogens is 372 g/mol. The summed E-state index contributed by atoms with van der Waals surface area (Å²) >= 11 is 5.07. The topological polar surface area (TPSA) is 54.0 Å². The third-order valence-electron chi connectivity index (χ3n) is 4.40. The van der Waals surface area contributed by atoms with Crippen molar-refractivity contribution in [2.75, 3.05) is 0 Å². The molecule has 116 valence electrons. The lowest BCUT2D eigenvalue weighted by Crippen LogP contribution is -2.05. The highest BCUT2D eigenvalue weighted by Gasteiger charge is 2.23. The van der Waals surface area contributed by atoms with E-state index < -0.39 is 0 Å². The SMILES string of the molecule is N#Cc1c(-c2ccc(Br)cc2)nc2sc(C3CCCCC3)nn12. The Bertz CT molecular complexity index is 882. The van der Waals surface area contributed by atoms with Crippen molar-refractivity contribution < 1.29 is 0 Å². The van der Waals surface area contributed by atoms with Crippen LogP contribution in [0.4, 0.5) is 0 Å². The lowest BCUT2D eigenvalue weighted by molar-refractivity contribution is 0.439. The second kappa shape index (κ2) is 6.06. The number of hydrogen-bond donors (Lipinski definition) is 0. The van der Waals surface area contributed by atoms with Crippen molar-refractivity contribution in [3.05, 3.63) is 39.4 Å². The van der Waals surface area contributed by atoms with Crippen LogP contribution in [0.3, 0.4) is 0 Å². The molecule has 0 unspecified atom stereocenters. The minimum absolute atomic E-state index is 0.528. The molecule has 1 saturated carbocycles. The predicted molar refractivity (Wildman–Crippen MR) is 94.5 cm³/mol. The number of nitrogens with zero attached hydrogens (tertiary/aromatic N) is 4. The zero-order valence-electron chi connectivity index (χ0n) is 12.5. The van der Waals surface area contributed by atoms with Crippen LogP contribution in [0.25, 0.3) is 16.2 Å². The normalized spacial score (nSPS) is 15.8. The molecule has 23 heavy (non-hydrogen) atoms. The fraction of sp³-hybridized carbons (Fsp3) is 0.353. The summed E-state index contributed by atoms with van der Waals surface area (Å²) in [5.41, 5.74) is 2.19. The van der Waals surface area contributed by atoms with Gasteiger partial charge in [0.1, 0.15) is 16.8 Å². The molecule has 0 aliphatic heterocycles. The van der Waals surface area contributed by atoms with E-state index in [9.17, 15) is 5.26 Å². The first-order chi connectivity index (χ1) is 11.3. The smallest absolute Gasteiger partial charge is 0.214 e. The fourth-order valence-electron chi connectivity index (χ4n) is 3.19. The van der Waals surface area contributed by atoms with Crippen molar-refractivity contribution in [2.24, 2.45) is 0 Å². The summed E-state index contributed by atoms with van der Waals surface area (Å²) in [5.74, 6) is 0.540. The van der Waals surface area contributed by atoms with Crippen LogP contribution in [0.1, 0.15) is 48.7 Å². The Balaban J connectivity index is 1.77. The molecule has 3 aromatic rings. The fourth-order valence-corrected chi connectivity index (χ4v) is 4.52. The van der Waals surface area contributed by atoms with Crippen LogP contribution in [-0.4, -0.2) is 14.6 Å². The average Bonchev–Trinajstić information content (AvgIpc) is 3.14. The number of imidazole rings is 1. The molecule has 2 heterocycles. The van der Waals surface area contributed by atoms with E-state index in [-0.39, 0.29) is 0 Å². The zero-order valence-corrected chi connectivity index (χ0v) is 14.9. The molecule has 0 N–H and O–H groups in total. The van der Waals surface area contributed by atoms with Crippen molar-refractivity contribution in [3.63, 3.8) is 0 Å². The Morgan fingerprint density at radius 1 is 1.17 bits per heavy atom. The molecule has 0 saturated heterocycles. The summed E-state index contributed by atoms with van der Waals surface area (Å²) in [5, 5.41) is 15.4. The molecular formula is C17H15BrN4S. The van der Waals surface area contributed by atoms with Gasteiger partial charge in [0.15, 0.2) is 5.69 Å². The summed E-state index contributed by atoms with van der Waals surface area (Å²) in [7, 11) is 0. The van der Waals surface area contributed by atoms with Gasteiger partial charge in [0, 0.05) is 16.0 Å². The van der Waals surface area contributed by atoms with E-state index in [1.807, 2.05) is 24.3 Å². The lowest BCUT2D eigenvalue weighted by atomic mass is 9.90. The largest absolute Gasteiger partial charge is 0.216 e. The third-order valence-corrected chi connectivity index (χ3v) is 6.00. The number of aromatic nitrogens is 3. The highest BCUT2D eigenvalue weighted by molar-refractivity contribution is 9.10. The Morgan fingerprint density at radius 2 is 1.91 bits per heavy atom. The zero-order chi connectivity index (χ0) is 15.8. The van der Waals surface area contributed by atoms with Gasteiger partial charge in [0.25, 0.3) is 0 Å². The number of nitriles is 1. The summed E-state index contributed by atoms with van der Waals surface area (Å²) in [6.45, 7) is 0.